The minimum absolute atomic E-state index is 0.0665. The fourth-order valence-corrected chi connectivity index (χ4v) is 1.64. The molecule has 0 aliphatic carbocycles. The monoisotopic (exact) mass is 238 g/mol. The van der Waals surface area contributed by atoms with Crippen molar-refractivity contribution in [3.05, 3.63) is 17.7 Å². The van der Waals surface area contributed by atoms with Crippen LogP contribution in [0.5, 0.6) is 17.2 Å². The Balaban J connectivity index is 2.66. The molecule has 0 saturated carbocycles. The van der Waals surface area contributed by atoms with Crippen molar-refractivity contribution in [2.75, 3.05) is 0 Å². The second kappa shape index (κ2) is 6.13. The van der Waals surface area contributed by atoms with Crippen molar-refractivity contribution in [3.8, 4) is 17.2 Å². The van der Waals surface area contributed by atoms with Crippen molar-refractivity contribution >= 4 is 5.78 Å². The average Bonchev–Trinajstić information content (AvgIpc) is 2.31. The number of carbonyl (C=O) groups is 1. The number of rotatable bonds is 6. The molecule has 17 heavy (non-hydrogen) atoms. The van der Waals surface area contributed by atoms with Crippen LogP contribution in [-0.2, 0) is 0 Å². The van der Waals surface area contributed by atoms with Gasteiger partial charge in [0.15, 0.2) is 17.3 Å². The van der Waals surface area contributed by atoms with Crippen molar-refractivity contribution in [2.24, 2.45) is 0 Å². The number of Topliss-reactive ketones (excluding diaryl/α,β-unsaturated/α-hetero) is 1. The second-order valence-electron chi connectivity index (χ2n) is 4.06. The molecule has 0 saturated heterocycles. The van der Waals surface area contributed by atoms with Crippen molar-refractivity contribution in [2.45, 2.75) is 39.0 Å². The molecule has 0 aliphatic rings. The number of benzene rings is 1. The molecule has 0 unspecified atom stereocenters. The molecule has 3 N–H and O–H groups in total. The zero-order valence-electron chi connectivity index (χ0n) is 9.94. The van der Waals surface area contributed by atoms with Crippen LogP contribution < -0.4 is 0 Å². The molecule has 4 nitrogen and oxygen atoms in total. The Labute approximate surface area is 101 Å². The minimum atomic E-state index is -0.635. The van der Waals surface area contributed by atoms with Gasteiger partial charge in [-0.15, -0.1) is 0 Å². The van der Waals surface area contributed by atoms with Crippen LogP contribution in [0.3, 0.4) is 0 Å². The van der Waals surface area contributed by atoms with E-state index >= 15 is 0 Å². The number of ketones is 1. The Hall–Kier alpha value is -1.71. The predicted octanol–water partition coefficient (Wildman–Crippen LogP) is 2.96. The quantitative estimate of drug-likeness (QED) is 0.404. The van der Waals surface area contributed by atoms with E-state index < -0.39 is 17.2 Å². The van der Waals surface area contributed by atoms with Gasteiger partial charge in [-0.2, -0.15) is 0 Å². The SMILES string of the molecule is CCCCCCC(=O)c1ccc(O)c(O)c1O. The maximum Gasteiger partial charge on any atom is 0.201 e. The lowest BCUT2D eigenvalue weighted by Gasteiger charge is -2.06. The van der Waals surface area contributed by atoms with E-state index in [0.29, 0.717) is 6.42 Å². The largest absolute Gasteiger partial charge is 0.504 e. The van der Waals surface area contributed by atoms with Gasteiger partial charge in [-0.1, -0.05) is 26.2 Å². The first-order valence-corrected chi connectivity index (χ1v) is 5.85. The summed E-state index contributed by atoms with van der Waals surface area (Å²) in [6, 6.07) is 2.53. The van der Waals surface area contributed by atoms with Gasteiger partial charge in [-0.25, -0.2) is 0 Å². The van der Waals surface area contributed by atoms with Gasteiger partial charge < -0.3 is 15.3 Å². The van der Waals surface area contributed by atoms with Crippen molar-refractivity contribution in [1.29, 1.82) is 0 Å². The van der Waals surface area contributed by atoms with Crippen molar-refractivity contribution < 1.29 is 20.1 Å². The standard InChI is InChI=1S/C13H18O4/c1-2-3-4-5-6-10(14)9-7-8-11(15)13(17)12(9)16/h7-8,15-17H,2-6H2,1H3. The third kappa shape index (κ3) is 3.37. The number of phenols is 3. The van der Waals surface area contributed by atoms with Crippen LogP contribution in [0.15, 0.2) is 12.1 Å². The summed E-state index contributed by atoms with van der Waals surface area (Å²) < 4.78 is 0. The number of aromatic hydroxyl groups is 3. The van der Waals surface area contributed by atoms with E-state index in [1.807, 2.05) is 0 Å². The molecular formula is C13H18O4. The minimum Gasteiger partial charge on any atom is -0.504 e. The Bertz CT molecular complexity index is 399. The molecule has 0 aromatic heterocycles. The summed E-state index contributed by atoms with van der Waals surface area (Å²) in [5, 5.41) is 27.9. The number of carbonyl (C=O) groups excluding carboxylic acids is 1. The normalized spacial score (nSPS) is 10.4. The first kappa shape index (κ1) is 13.4. The molecule has 1 aromatic rings. The predicted molar refractivity (Wildman–Crippen MR) is 64.5 cm³/mol. The van der Waals surface area contributed by atoms with Crippen LogP contribution in [0.1, 0.15) is 49.4 Å². The number of phenolic OH excluding ortho intramolecular Hbond substituents is 3. The highest BCUT2D eigenvalue weighted by atomic mass is 16.3. The van der Waals surface area contributed by atoms with Gasteiger partial charge in [0.2, 0.25) is 5.75 Å². The maximum absolute atomic E-state index is 11.7. The van der Waals surface area contributed by atoms with Gasteiger partial charge in [-0.05, 0) is 18.6 Å². The molecular weight excluding hydrogens is 220 g/mol. The summed E-state index contributed by atoms with van der Waals surface area (Å²) >= 11 is 0. The summed E-state index contributed by atoms with van der Waals surface area (Å²) in [7, 11) is 0. The lowest BCUT2D eigenvalue weighted by molar-refractivity contribution is 0.0976. The van der Waals surface area contributed by atoms with Crippen LogP contribution >= 0.6 is 0 Å². The Morgan fingerprint density at radius 3 is 2.41 bits per heavy atom. The smallest absolute Gasteiger partial charge is 0.201 e. The van der Waals surface area contributed by atoms with Crippen LogP contribution in [0, 0.1) is 0 Å². The van der Waals surface area contributed by atoms with Crippen LogP contribution in [0.4, 0.5) is 0 Å². The molecule has 0 radical (unpaired) electrons. The van der Waals surface area contributed by atoms with E-state index in [0.717, 1.165) is 25.7 Å². The summed E-state index contributed by atoms with van der Waals surface area (Å²) in [5.41, 5.74) is 0.0665. The first-order valence-electron chi connectivity index (χ1n) is 5.85. The van der Waals surface area contributed by atoms with E-state index in [4.69, 9.17) is 5.11 Å². The van der Waals surface area contributed by atoms with E-state index in [2.05, 4.69) is 6.92 Å². The van der Waals surface area contributed by atoms with Gasteiger partial charge in [0, 0.05) is 6.42 Å². The highest BCUT2D eigenvalue weighted by molar-refractivity contribution is 5.99. The third-order valence-corrected chi connectivity index (χ3v) is 2.69. The summed E-state index contributed by atoms with van der Waals surface area (Å²) in [4.78, 5) is 11.7. The van der Waals surface area contributed by atoms with Crippen molar-refractivity contribution in [3.63, 3.8) is 0 Å². The summed E-state index contributed by atoms with van der Waals surface area (Å²) in [6.07, 6.45) is 4.28. The Morgan fingerprint density at radius 1 is 1.06 bits per heavy atom. The highest BCUT2D eigenvalue weighted by Gasteiger charge is 2.16. The molecule has 0 bridgehead atoms. The average molecular weight is 238 g/mol. The molecule has 0 fully saturated rings. The molecule has 4 heteroatoms. The van der Waals surface area contributed by atoms with Crippen molar-refractivity contribution in [1.82, 2.24) is 0 Å². The highest BCUT2D eigenvalue weighted by Crippen LogP contribution is 2.37. The number of hydrogen-bond donors (Lipinski definition) is 3. The number of unbranched alkanes of at least 4 members (excludes halogenated alkanes) is 3. The molecule has 0 amide bonds. The molecule has 0 heterocycles. The summed E-state index contributed by atoms with van der Waals surface area (Å²) in [5.74, 6) is -1.81. The van der Waals surface area contributed by atoms with E-state index in [1.54, 1.807) is 0 Å². The maximum atomic E-state index is 11.7. The van der Waals surface area contributed by atoms with Gasteiger partial charge in [0.1, 0.15) is 0 Å². The van der Waals surface area contributed by atoms with Gasteiger partial charge in [0.25, 0.3) is 0 Å². The fourth-order valence-electron chi connectivity index (χ4n) is 1.64. The van der Waals surface area contributed by atoms with Crippen LogP contribution in [-0.4, -0.2) is 21.1 Å². The molecule has 0 aliphatic heterocycles. The molecule has 1 rings (SSSR count). The Kier molecular flexibility index (Phi) is 4.82. The second-order valence-corrected chi connectivity index (χ2v) is 4.06. The van der Waals surface area contributed by atoms with E-state index in [-0.39, 0.29) is 11.3 Å². The first-order chi connectivity index (χ1) is 8.07. The molecule has 94 valence electrons. The van der Waals surface area contributed by atoms with E-state index in [9.17, 15) is 15.0 Å². The Morgan fingerprint density at radius 2 is 1.76 bits per heavy atom. The van der Waals surface area contributed by atoms with Gasteiger partial charge in [-0.3, -0.25) is 4.79 Å². The summed E-state index contributed by atoms with van der Waals surface area (Å²) in [6.45, 7) is 2.09. The van der Waals surface area contributed by atoms with Crippen LogP contribution in [0.25, 0.3) is 0 Å². The molecule has 0 spiro atoms. The van der Waals surface area contributed by atoms with E-state index in [1.165, 1.54) is 12.1 Å². The third-order valence-electron chi connectivity index (χ3n) is 2.69. The topological polar surface area (TPSA) is 77.8 Å². The number of hydrogen-bond acceptors (Lipinski definition) is 4. The fraction of sp³-hybridized carbons (Fsp3) is 0.462. The molecule has 1 aromatic carbocycles. The zero-order chi connectivity index (χ0) is 12.8. The molecule has 0 atom stereocenters. The van der Waals surface area contributed by atoms with Crippen LogP contribution in [0.2, 0.25) is 0 Å². The lowest BCUT2D eigenvalue weighted by Crippen LogP contribution is -1.99. The van der Waals surface area contributed by atoms with Gasteiger partial charge >= 0.3 is 0 Å². The van der Waals surface area contributed by atoms with Gasteiger partial charge in [0.05, 0.1) is 5.56 Å². The lowest BCUT2D eigenvalue weighted by atomic mass is 10.0. The zero-order valence-corrected chi connectivity index (χ0v) is 9.94.